The van der Waals surface area contributed by atoms with Gasteiger partial charge in [-0.2, -0.15) is 9.97 Å². The number of fused-ring (bicyclic) bond motifs is 7. The summed E-state index contributed by atoms with van der Waals surface area (Å²) < 4.78 is 35.7. The fraction of sp³-hybridized carbons (Fsp3) is 0.548. The normalized spacial score (nSPS) is 23.5. The Kier molecular flexibility index (Phi) is 9.39. The number of likely N-dealkylation sites (tertiary alicyclic amines) is 1. The van der Waals surface area contributed by atoms with Gasteiger partial charge in [0.1, 0.15) is 29.4 Å². The van der Waals surface area contributed by atoms with Crippen LogP contribution >= 0.6 is 0 Å². The molecule has 6 bridgehead atoms. The summed E-state index contributed by atoms with van der Waals surface area (Å²) in [5, 5.41) is 5.09. The van der Waals surface area contributed by atoms with Crippen LogP contribution in [0, 0.1) is 5.82 Å². The van der Waals surface area contributed by atoms with E-state index >= 15 is 4.39 Å². The number of alkyl carbamates (subject to hydrolysis) is 1. The fourth-order valence-corrected chi connectivity index (χ4v) is 9.70. The first kappa shape index (κ1) is 36.8. The molecule has 8 heterocycles. The molecular formula is C42H51FN8O5. The highest BCUT2D eigenvalue weighted by Gasteiger charge is 2.45. The Hall–Kier alpha value is -4.82. The molecule has 0 aliphatic carbocycles. The van der Waals surface area contributed by atoms with E-state index in [1.807, 2.05) is 32.0 Å². The van der Waals surface area contributed by atoms with E-state index in [0.29, 0.717) is 75.2 Å². The number of nitrogens with zero attached hydrogens (tertiary/aromatic N) is 6. The van der Waals surface area contributed by atoms with Gasteiger partial charge in [-0.1, -0.05) is 18.2 Å². The van der Waals surface area contributed by atoms with E-state index in [-0.39, 0.29) is 40.7 Å². The molecule has 296 valence electrons. The third-order valence-electron chi connectivity index (χ3n) is 12.8. The number of benzene rings is 2. The van der Waals surface area contributed by atoms with E-state index in [0.717, 1.165) is 68.0 Å². The van der Waals surface area contributed by atoms with Crippen LogP contribution in [-0.4, -0.2) is 106 Å². The summed E-state index contributed by atoms with van der Waals surface area (Å²) >= 11 is 0. The average Bonchev–Trinajstić information content (AvgIpc) is 3.76. The minimum absolute atomic E-state index is 0.0634. The Balaban J connectivity index is 1.18. The standard InChI is InChI=1S/C42H51FN8O5/c1-40(44)14-19-49(20-15-40)39(53)56-29-22-28-9-3-8-27-10-4-21-54-38(52)48-41(2)11-5-16-50(25-41)36-31-24-45-34(30(23-29)32(27)28)33(43)35(31)46-37(47-36)55-26-42-12-6-17-51(42)18-7-13-42/h3,8-9,22-24H,4-7,10-21,25-26,44H2,1-2H3,(H,48,52). The van der Waals surface area contributed by atoms with Crippen molar-refractivity contribution in [3.8, 4) is 23.0 Å². The molecule has 0 spiro atoms. The molecule has 3 N–H and O–H groups in total. The van der Waals surface area contributed by atoms with Crippen LogP contribution in [0.4, 0.5) is 19.8 Å². The number of anilines is 1. The molecule has 0 radical (unpaired) electrons. The first-order chi connectivity index (χ1) is 27.0. The third-order valence-corrected chi connectivity index (χ3v) is 12.8. The molecule has 14 heteroatoms. The predicted molar refractivity (Wildman–Crippen MR) is 211 cm³/mol. The first-order valence-electron chi connectivity index (χ1n) is 20.2. The summed E-state index contributed by atoms with van der Waals surface area (Å²) in [5.41, 5.74) is 6.88. The molecule has 4 saturated heterocycles. The Morgan fingerprint density at radius 1 is 1.00 bits per heavy atom. The topological polar surface area (TPSA) is 148 Å². The second-order valence-corrected chi connectivity index (χ2v) is 17.2. The van der Waals surface area contributed by atoms with Crippen molar-refractivity contribution in [2.75, 3.05) is 57.4 Å². The number of nitrogens with one attached hydrogen (secondary N) is 1. The number of aryl methyl sites for hydroxylation is 1. The van der Waals surface area contributed by atoms with Gasteiger partial charge in [0, 0.05) is 43.5 Å². The zero-order valence-electron chi connectivity index (χ0n) is 32.4. The number of carbonyl (C=O) groups is 2. The number of amides is 2. The molecule has 2 aromatic carbocycles. The number of aromatic nitrogens is 3. The lowest BCUT2D eigenvalue weighted by Gasteiger charge is -2.41. The van der Waals surface area contributed by atoms with Crippen molar-refractivity contribution in [3.05, 3.63) is 47.9 Å². The maximum absolute atomic E-state index is 17.5. The Morgan fingerprint density at radius 2 is 1.79 bits per heavy atom. The van der Waals surface area contributed by atoms with Crippen LogP contribution < -0.4 is 25.4 Å². The van der Waals surface area contributed by atoms with Gasteiger partial charge in [0.05, 0.1) is 23.1 Å². The molecule has 10 rings (SSSR count). The van der Waals surface area contributed by atoms with Crippen molar-refractivity contribution in [1.82, 2.24) is 30.1 Å². The SMILES string of the molecule is CC1(N)CCN(C(=O)Oc2cc3c4c(cccc4c2)CCCOC(=O)NC2(C)CCCN(C2)c2nc(OCC45CCCN4CCC5)nc4c(F)c-3ncc24)CC1. The van der Waals surface area contributed by atoms with Crippen LogP contribution in [-0.2, 0) is 11.2 Å². The van der Waals surface area contributed by atoms with Gasteiger partial charge in [-0.3, -0.25) is 9.88 Å². The third kappa shape index (κ3) is 6.95. The van der Waals surface area contributed by atoms with Crippen molar-refractivity contribution < 1.29 is 28.2 Å². The molecule has 6 aliphatic heterocycles. The summed E-state index contributed by atoms with van der Waals surface area (Å²) in [5.74, 6) is 0.167. The van der Waals surface area contributed by atoms with Crippen molar-refractivity contribution in [1.29, 1.82) is 0 Å². The van der Waals surface area contributed by atoms with E-state index in [4.69, 9.17) is 34.9 Å². The Bertz CT molecular complexity index is 2180. The van der Waals surface area contributed by atoms with Gasteiger partial charge in [-0.15, -0.1) is 0 Å². The quantitative estimate of drug-likeness (QED) is 0.240. The lowest BCUT2D eigenvalue weighted by Crippen LogP contribution is -2.57. The van der Waals surface area contributed by atoms with Crippen LogP contribution in [0.3, 0.4) is 0 Å². The van der Waals surface area contributed by atoms with Gasteiger partial charge in [0.15, 0.2) is 5.82 Å². The van der Waals surface area contributed by atoms with Gasteiger partial charge < -0.3 is 35.1 Å². The van der Waals surface area contributed by atoms with Gasteiger partial charge in [0.25, 0.3) is 0 Å². The minimum Gasteiger partial charge on any atom is -0.461 e. The van der Waals surface area contributed by atoms with Gasteiger partial charge >= 0.3 is 18.2 Å². The molecule has 2 aromatic heterocycles. The zero-order chi connectivity index (χ0) is 38.7. The van der Waals surface area contributed by atoms with E-state index in [1.165, 1.54) is 0 Å². The smallest absolute Gasteiger partial charge is 0.415 e. The van der Waals surface area contributed by atoms with Gasteiger partial charge in [-0.05, 0) is 120 Å². The summed E-state index contributed by atoms with van der Waals surface area (Å²) in [6.07, 6.45) is 8.94. The molecule has 4 fully saturated rings. The number of hydrogen-bond donors (Lipinski definition) is 2. The molecule has 1 atom stereocenters. The summed E-state index contributed by atoms with van der Waals surface area (Å²) in [6.45, 7) is 8.76. The number of piperidine rings is 2. The number of rotatable bonds is 4. The highest BCUT2D eigenvalue weighted by Crippen LogP contribution is 2.42. The monoisotopic (exact) mass is 766 g/mol. The fourth-order valence-electron chi connectivity index (χ4n) is 9.70. The van der Waals surface area contributed by atoms with Crippen LogP contribution in [0.15, 0.2) is 36.5 Å². The predicted octanol–water partition coefficient (Wildman–Crippen LogP) is 6.33. The van der Waals surface area contributed by atoms with Gasteiger partial charge in [-0.25, -0.2) is 14.0 Å². The van der Waals surface area contributed by atoms with Crippen LogP contribution in [0.25, 0.3) is 32.9 Å². The largest absolute Gasteiger partial charge is 0.461 e. The van der Waals surface area contributed by atoms with Crippen molar-refractivity contribution in [2.24, 2.45) is 5.73 Å². The highest BCUT2D eigenvalue weighted by atomic mass is 19.1. The van der Waals surface area contributed by atoms with E-state index in [1.54, 1.807) is 23.2 Å². The van der Waals surface area contributed by atoms with Crippen LogP contribution in [0.5, 0.6) is 11.8 Å². The first-order valence-corrected chi connectivity index (χ1v) is 20.2. The van der Waals surface area contributed by atoms with Crippen LogP contribution in [0.2, 0.25) is 0 Å². The van der Waals surface area contributed by atoms with E-state index < -0.39 is 23.5 Å². The van der Waals surface area contributed by atoms with Crippen molar-refractivity contribution in [2.45, 2.75) is 94.7 Å². The van der Waals surface area contributed by atoms with E-state index in [2.05, 4.69) is 15.1 Å². The van der Waals surface area contributed by atoms with E-state index in [9.17, 15) is 9.59 Å². The second kappa shape index (κ2) is 14.3. The molecule has 13 nitrogen and oxygen atoms in total. The number of nitrogens with two attached hydrogens (primary N) is 1. The summed E-state index contributed by atoms with van der Waals surface area (Å²) in [4.78, 5) is 47.4. The number of carbonyl (C=O) groups excluding carboxylic acids is 2. The second-order valence-electron chi connectivity index (χ2n) is 17.2. The lowest BCUT2D eigenvalue weighted by molar-refractivity contribution is 0.107. The molecule has 6 aliphatic rings. The summed E-state index contributed by atoms with van der Waals surface area (Å²) in [7, 11) is 0. The number of halogens is 1. The number of ether oxygens (including phenoxy) is 3. The Labute approximate surface area is 326 Å². The zero-order valence-corrected chi connectivity index (χ0v) is 32.4. The average molecular weight is 767 g/mol. The summed E-state index contributed by atoms with van der Waals surface area (Å²) in [6, 6.07) is 9.44. The maximum Gasteiger partial charge on any atom is 0.415 e. The minimum atomic E-state index is -0.617. The molecule has 1 unspecified atom stereocenters. The number of pyridine rings is 1. The molecule has 0 saturated carbocycles. The Morgan fingerprint density at radius 3 is 2.59 bits per heavy atom. The van der Waals surface area contributed by atoms with Crippen LogP contribution in [0.1, 0.15) is 77.2 Å². The van der Waals surface area contributed by atoms with Crippen molar-refractivity contribution in [3.63, 3.8) is 0 Å². The van der Waals surface area contributed by atoms with Gasteiger partial charge in [0.2, 0.25) is 0 Å². The molecule has 2 amide bonds. The molecule has 4 aromatic rings. The molecular weight excluding hydrogens is 716 g/mol. The molecule has 56 heavy (non-hydrogen) atoms. The number of hydrogen-bond acceptors (Lipinski definition) is 11. The highest BCUT2D eigenvalue weighted by molar-refractivity contribution is 6.02. The lowest BCUT2D eigenvalue weighted by atomic mass is 9.91. The van der Waals surface area contributed by atoms with Crippen molar-refractivity contribution >= 4 is 39.7 Å². The maximum atomic E-state index is 17.5.